The van der Waals surface area contributed by atoms with E-state index < -0.39 is 0 Å². The van der Waals surface area contributed by atoms with E-state index in [2.05, 4.69) is 36.5 Å². The van der Waals surface area contributed by atoms with E-state index in [1.807, 2.05) is 0 Å². The Balaban J connectivity index is 2.02. The van der Waals surface area contributed by atoms with Gasteiger partial charge in [-0.15, -0.1) is 0 Å². The van der Waals surface area contributed by atoms with Crippen LogP contribution >= 0.6 is 0 Å². The Morgan fingerprint density at radius 1 is 1.33 bits per heavy atom. The normalized spacial score (nSPS) is 19.9. The molecule has 1 nitrogen and oxygen atoms in total. The first-order valence-electron chi connectivity index (χ1n) is 6.20. The Hall–Kier alpha value is -0.820. The van der Waals surface area contributed by atoms with Crippen molar-refractivity contribution in [1.29, 1.82) is 0 Å². The number of benzene rings is 1. The van der Waals surface area contributed by atoms with Crippen LogP contribution in [0.2, 0.25) is 0 Å². The fourth-order valence-electron chi connectivity index (χ4n) is 2.61. The van der Waals surface area contributed by atoms with E-state index >= 15 is 0 Å². The van der Waals surface area contributed by atoms with Crippen LogP contribution < -0.4 is 5.32 Å². The highest BCUT2D eigenvalue weighted by Gasteiger charge is 2.18. The summed E-state index contributed by atoms with van der Waals surface area (Å²) in [6.45, 7) is 4.43. The topological polar surface area (TPSA) is 12.0 Å². The van der Waals surface area contributed by atoms with Crippen molar-refractivity contribution in [2.75, 3.05) is 13.1 Å². The van der Waals surface area contributed by atoms with Gasteiger partial charge in [-0.05, 0) is 55.8 Å². The third kappa shape index (κ3) is 2.60. The molecule has 0 bridgehead atoms. The zero-order valence-electron chi connectivity index (χ0n) is 9.63. The highest BCUT2D eigenvalue weighted by molar-refractivity contribution is 5.32. The van der Waals surface area contributed by atoms with Crippen LogP contribution in [0, 0.1) is 0 Å². The van der Waals surface area contributed by atoms with Gasteiger partial charge in [0.1, 0.15) is 0 Å². The summed E-state index contributed by atoms with van der Waals surface area (Å²) in [5.74, 6) is 0.800. The highest BCUT2D eigenvalue weighted by atomic mass is 14.8. The standard InChI is InChI=1S/C14H21N/c1-2-15-11-10-13-8-5-7-12-6-3-4-9-14(12)13/h3-4,6,9,13,15H,2,5,7-8,10-11H2,1H3. The van der Waals surface area contributed by atoms with Crippen LogP contribution in [0.4, 0.5) is 0 Å². The Bertz CT molecular complexity index is 306. The van der Waals surface area contributed by atoms with E-state index in [1.54, 1.807) is 11.1 Å². The lowest BCUT2D eigenvalue weighted by atomic mass is 9.81. The number of hydrogen-bond acceptors (Lipinski definition) is 1. The van der Waals surface area contributed by atoms with Crippen LogP contribution in [0.3, 0.4) is 0 Å². The predicted octanol–water partition coefficient (Wildman–Crippen LogP) is 3.11. The second-order valence-electron chi connectivity index (χ2n) is 4.43. The number of rotatable bonds is 4. The van der Waals surface area contributed by atoms with Gasteiger partial charge < -0.3 is 5.32 Å². The molecule has 0 heterocycles. The van der Waals surface area contributed by atoms with Gasteiger partial charge in [0.15, 0.2) is 0 Å². The maximum absolute atomic E-state index is 3.43. The van der Waals surface area contributed by atoms with Crippen molar-refractivity contribution in [3.63, 3.8) is 0 Å². The summed E-state index contributed by atoms with van der Waals surface area (Å²) in [6, 6.07) is 8.98. The van der Waals surface area contributed by atoms with Crippen molar-refractivity contribution in [1.82, 2.24) is 5.32 Å². The lowest BCUT2D eigenvalue weighted by Gasteiger charge is -2.25. The molecule has 0 spiro atoms. The average molecular weight is 203 g/mol. The van der Waals surface area contributed by atoms with Crippen LogP contribution in [0.15, 0.2) is 24.3 Å². The van der Waals surface area contributed by atoms with Crippen molar-refractivity contribution in [2.24, 2.45) is 0 Å². The molecule has 82 valence electrons. The first-order valence-corrected chi connectivity index (χ1v) is 6.20. The van der Waals surface area contributed by atoms with Crippen molar-refractivity contribution in [3.8, 4) is 0 Å². The van der Waals surface area contributed by atoms with Crippen molar-refractivity contribution < 1.29 is 0 Å². The van der Waals surface area contributed by atoms with Crippen LogP contribution in [-0.2, 0) is 6.42 Å². The molecular formula is C14H21N. The summed E-state index contributed by atoms with van der Waals surface area (Å²) in [5, 5.41) is 3.43. The molecule has 0 amide bonds. The molecule has 0 saturated heterocycles. The Morgan fingerprint density at radius 3 is 3.07 bits per heavy atom. The van der Waals surface area contributed by atoms with Gasteiger partial charge in [-0.1, -0.05) is 31.2 Å². The molecule has 15 heavy (non-hydrogen) atoms. The number of nitrogens with one attached hydrogen (secondary N) is 1. The monoisotopic (exact) mass is 203 g/mol. The van der Waals surface area contributed by atoms with Gasteiger partial charge in [0.2, 0.25) is 0 Å². The first-order chi connectivity index (χ1) is 7.42. The predicted molar refractivity (Wildman–Crippen MR) is 65.3 cm³/mol. The zero-order valence-corrected chi connectivity index (χ0v) is 9.63. The minimum Gasteiger partial charge on any atom is -0.317 e. The molecule has 0 fully saturated rings. The van der Waals surface area contributed by atoms with Gasteiger partial charge in [0.05, 0.1) is 0 Å². The van der Waals surface area contributed by atoms with E-state index in [0.29, 0.717) is 0 Å². The molecule has 1 aliphatic rings. The van der Waals surface area contributed by atoms with Crippen LogP contribution in [0.5, 0.6) is 0 Å². The van der Waals surface area contributed by atoms with Gasteiger partial charge in [0, 0.05) is 0 Å². The summed E-state index contributed by atoms with van der Waals surface area (Å²) in [4.78, 5) is 0. The largest absolute Gasteiger partial charge is 0.317 e. The number of aryl methyl sites for hydroxylation is 1. The molecule has 1 unspecified atom stereocenters. The quantitative estimate of drug-likeness (QED) is 0.741. The van der Waals surface area contributed by atoms with E-state index in [9.17, 15) is 0 Å². The molecule has 1 atom stereocenters. The fourth-order valence-corrected chi connectivity index (χ4v) is 2.61. The number of hydrogen-bond donors (Lipinski definition) is 1. The van der Waals surface area contributed by atoms with E-state index in [1.165, 1.54) is 25.7 Å². The third-order valence-corrected chi connectivity index (χ3v) is 3.41. The van der Waals surface area contributed by atoms with Gasteiger partial charge in [-0.2, -0.15) is 0 Å². The molecule has 1 heteroatoms. The summed E-state index contributed by atoms with van der Waals surface area (Å²) in [5.41, 5.74) is 3.20. The molecule has 2 rings (SSSR count). The van der Waals surface area contributed by atoms with Gasteiger partial charge >= 0.3 is 0 Å². The smallest absolute Gasteiger partial charge is 0.00432 e. The van der Waals surface area contributed by atoms with Gasteiger partial charge in [0.25, 0.3) is 0 Å². The third-order valence-electron chi connectivity index (χ3n) is 3.41. The van der Waals surface area contributed by atoms with Crippen molar-refractivity contribution in [2.45, 2.75) is 38.5 Å². The van der Waals surface area contributed by atoms with Crippen LogP contribution in [0.1, 0.15) is 43.2 Å². The second kappa shape index (κ2) is 5.32. The Morgan fingerprint density at radius 2 is 2.20 bits per heavy atom. The molecule has 1 aliphatic carbocycles. The summed E-state index contributed by atoms with van der Waals surface area (Å²) in [7, 11) is 0. The summed E-state index contributed by atoms with van der Waals surface area (Å²) >= 11 is 0. The fraction of sp³-hybridized carbons (Fsp3) is 0.571. The maximum Gasteiger partial charge on any atom is -0.00432 e. The molecule has 1 aromatic carbocycles. The molecule has 0 saturated carbocycles. The average Bonchev–Trinajstić information content (AvgIpc) is 2.30. The zero-order chi connectivity index (χ0) is 10.5. The Kier molecular flexibility index (Phi) is 3.79. The molecule has 1 N–H and O–H groups in total. The summed E-state index contributed by atoms with van der Waals surface area (Å²) in [6.07, 6.45) is 5.33. The molecular weight excluding hydrogens is 182 g/mol. The molecule has 1 aromatic rings. The first kappa shape index (κ1) is 10.7. The second-order valence-corrected chi connectivity index (χ2v) is 4.43. The minimum atomic E-state index is 0.800. The highest BCUT2D eigenvalue weighted by Crippen LogP contribution is 2.33. The van der Waals surface area contributed by atoms with E-state index in [0.717, 1.165) is 19.0 Å². The molecule has 0 aliphatic heterocycles. The lowest BCUT2D eigenvalue weighted by Crippen LogP contribution is -2.19. The van der Waals surface area contributed by atoms with Crippen molar-refractivity contribution >= 4 is 0 Å². The van der Waals surface area contributed by atoms with Gasteiger partial charge in [-0.3, -0.25) is 0 Å². The maximum atomic E-state index is 3.43. The molecule has 0 aromatic heterocycles. The van der Waals surface area contributed by atoms with Crippen molar-refractivity contribution in [3.05, 3.63) is 35.4 Å². The van der Waals surface area contributed by atoms with E-state index in [4.69, 9.17) is 0 Å². The van der Waals surface area contributed by atoms with E-state index in [-0.39, 0.29) is 0 Å². The Labute approximate surface area is 92.9 Å². The lowest BCUT2D eigenvalue weighted by molar-refractivity contribution is 0.502. The van der Waals surface area contributed by atoms with Gasteiger partial charge in [-0.25, -0.2) is 0 Å². The van der Waals surface area contributed by atoms with Crippen LogP contribution in [-0.4, -0.2) is 13.1 Å². The minimum absolute atomic E-state index is 0.800. The summed E-state index contributed by atoms with van der Waals surface area (Å²) < 4.78 is 0. The SMILES string of the molecule is CCNCCC1CCCc2ccccc21. The van der Waals surface area contributed by atoms with Crippen LogP contribution in [0.25, 0.3) is 0 Å². The number of fused-ring (bicyclic) bond motifs is 1. The molecule has 0 radical (unpaired) electrons.